The number of hydrogen-bond donors (Lipinski definition) is 0. The number of anilines is 6. The number of nitrogens with zero attached hydrogens (tertiary/aromatic N) is 4. The molecule has 2 aromatic heterocycles. The highest BCUT2D eigenvalue weighted by Gasteiger charge is 2.28. The van der Waals surface area contributed by atoms with Gasteiger partial charge >= 0.3 is 0 Å². The first-order valence-corrected chi connectivity index (χ1v) is 24.8. The summed E-state index contributed by atoms with van der Waals surface area (Å²) < 4.78 is 125. The zero-order valence-corrected chi connectivity index (χ0v) is 40.6. The van der Waals surface area contributed by atoms with Crippen LogP contribution in [0.3, 0.4) is 0 Å². The molecule has 0 saturated carbocycles. The van der Waals surface area contributed by atoms with Crippen molar-refractivity contribution in [1.82, 2.24) is 9.13 Å². The molecule has 78 heavy (non-hydrogen) atoms. The summed E-state index contributed by atoms with van der Waals surface area (Å²) in [5, 5.41) is 9.66. The minimum absolute atomic E-state index is 0.148. The van der Waals surface area contributed by atoms with E-state index in [2.05, 4.69) is 57.7 Å². The topological polar surface area (TPSA) is 16.3 Å². The fraction of sp³-hybridized carbons (Fsp3) is 0. The van der Waals surface area contributed by atoms with Gasteiger partial charge in [-0.3, -0.25) is 0 Å². The lowest BCUT2D eigenvalue weighted by Gasteiger charge is -2.26. The first-order valence-electron chi connectivity index (χ1n) is 24.8. The Morgan fingerprint density at radius 1 is 0.256 bits per heavy atom. The van der Waals surface area contributed by atoms with Crippen molar-refractivity contribution in [2.75, 3.05) is 9.80 Å². The molecule has 376 valence electrons. The van der Waals surface area contributed by atoms with Crippen LogP contribution in [0, 0.1) is 46.5 Å². The van der Waals surface area contributed by atoms with Crippen LogP contribution in [0.15, 0.2) is 218 Å². The Balaban J connectivity index is 1.06. The second kappa shape index (κ2) is 17.8. The molecular weight excluding hydrogens is 1000 g/mol. The number of halogens is 8. The first-order chi connectivity index (χ1) is 38.0. The highest BCUT2D eigenvalue weighted by atomic mass is 19.2. The molecule has 0 atom stereocenters. The third-order valence-corrected chi connectivity index (χ3v) is 14.7. The standard InChI is InChI=1S/C66H36F8N4/c67-37-17-29-57(51(71)33-37)75(58-30-18-38(68)34-52(58)72)41-21-25-43(26-22-41)77-55-15-7-5-13-49(55)61-45-9-1-3-11-47(45)63-64(65(61)77)48-12-4-2-10-46(48)62-50-14-6-8-16-56(50)78(66(62)63)44-27-23-42(24-28-44)76(59-31-19-39(69)35-53(59)73)60-32-20-40(70)36-54(60)74/h1-36H. The summed E-state index contributed by atoms with van der Waals surface area (Å²) in [5.41, 5.74) is 4.99. The van der Waals surface area contributed by atoms with Gasteiger partial charge in [0.15, 0.2) is 0 Å². The number of benzene rings is 12. The molecule has 12 aromatic carbocycles. The fourth-order valence-corrected chi connectivity index (χ4v) is 11.6. The molecule has 0 spiro atoms. The van der Waals surface area contributed by atoms with Crippen molar-refractivity contribution >= 4 is 110 Å². The molecular formula is C66H36F8N4. The summed E-state index contributed by atoms with van der Waals surface area (Å²) in [7, 11) is 0. The Hall–Kier alpha value is -9.94. The summed E-state index contributed by atoms with van der Waals surface area (Å²) in [6.07, 6.45) is 0. The van der Waals surface area contributed by atoms with Crippen molar-refractivity contribution in [3.63, 3.8) is 0 Å². The highest BCUT2D eigenvalue weighted by molar-refractivity contribution is 6.44. The van der Waals surface area contributed by atoms with Crippen molar-refractivity contribution in [3.8, 4) is 11.4 Å². The van der Waals surface area contributed by atoms with Crippen molar-refractivity contribution in [3.05, 3.63) is 265 Å². The number of aromatic nitrogens is 2. The quantitative estimate of drug-likeness (QED) is 0.111. The monoisotopic (exact) mass is 1040 g/mol. The van der Waals surface area contributed by atoms with Crippen LogP contribution in [0.4, 0.5) is 69.2 Å². The third-order valence-electron chi connectivity index (χ3n) is 14.7. The predicted octanol–water partition coefficient (Wildman–Crippen LogP) is 19.4. The van der Waals surface area contributed by atoms with E-state index in [1.165, 1.54) is 34.1 Å². The van der Waals surface area contributed by atoms with Gasteiger partial charge in [-0.05, 0) is 131 Å². The number of rotatable bonds is 8. The second-order valence-corrected chi connectivity index (χ2v) is 19.1. The Morgan fingerprint density at radius 3 is 0.821 bits per heavy atom. The minimum atomic E-state index is -0.946. The van der Waals surface area contributed by atoms with E-state index in [1.54, 1.807) is 24.3 Å². The Kier molecular flexibility index (Phi) is 10.7. The van der Waals surface area contributed by atoms with Gasteiger partial charge in [-0.2, -0.15) is 0 Å². The molecule has 0 fully saturated rings. The van der Waals surface area contributed by atoms with Gasteiger partial charge in [-0.15, -0.1) is 0 Å². The Labute approximate surface area is 438 Å². The maximum Gasteiger partial charge on any atom is 0.150 e. The van der Waals surface area contributed by atoms with Crippen molar-refractivity contribution in [1.29, 1.82) is 0 Å². The SMILES string of the molecule is Fc1ccc(N(c2ccc(-n3c4ccccc4c4c5ccccc5c5c(c6ccccc6c6c7ccccc7n(-c7ccc(N(c8ccc(F)cc8F)c8ccc(F)cc8F)cc7)c65)c43)cc2)c2ccc(F)cc2F)c(F)c1. The Bertz CT molecular complexity index is 4390. The van der Waals surface area contributed by atoms with E-state index in [9.17, 15) is 17.6 Å². The van der Waals surface area contributed by atoms with Gasteiger partial charge in [0, 0.05) is 79.3 Å². The number of fused-ring (bicyclic) bond motifs is 15. The third kappa shape index (κ3) is 7.13. The lowest BCUT2D eigenvalue weighted by molar-refractivity contribution is 0.577. The van der Waals surface area contributed by atoms with E-state index in [1.807, 2.05) is 72.8 Å². The summed E-state index contributed by atoms with van der Waals surface area (Å²) >= 11 is 0. The normalized spacial score (nSPS) is 11.8. The van der Waals surface area contributed by atoms with Gasteiger partial charge in [0.1, 0.15) is 46.5 Å². The maximum atomic E-state index is 15.7. The average Bonchev–Trinajstić information content (AvgIpc) is 3.51. The number of hydrogen-bond acceptors (Lipinski definition) is 2. The van der Waals surface area contributed by atoms with Crippen LogP contribution in [-0.4, -0.2) is 9.13 Å². The van der Waals surface area contributed by atoms with Gasteiger partial charge in [0.2, 0.25) is 0 Å². The fourth-order valence-electron chi connectivity index (χ4n) is 11.6. The highest BCUT2D eigenvalue weighted by Crippen LogP contribution is 2.51. The predicted molar refractivity (Wildman–Crippen MR) is 297 cm³/mol. The summed E-state index contributed by atoms with van der Waals surface area (Å²) in [6.45, 7) is 0. The molecule has 0 aliphatic carbocycles. The largest absolute Gasteiger partial charge is 0.309 e. The molecule has 0 radical (unpaired) electrons. The van der Waals surface area contributed by atoms with Gasteiger partial charge in [0.05, 0.1) is 44.8 Å². The van der Waals surface area contributed by atoms with Crippen LogP contribution in [0.5, 0.6) is 0 Å². The van der Waals surface area contributed by atoms with Crippen LogP contribution in [0.25, 0.3) is 87.3 Å². The van der Waals surface area contributed by atoms with Gasteiger partial charge < -0.3 is 18.9 Å². The van der Waals surface area contributed by atoms with E-state index in [-0.39, 0.29) is 22.7 Å². The lowest BCUT2D eigenvalue weighted by atomic mass is 9.90. The molecule has 14 aromatic rings. The van der Waals surface area contributed by atoms with E-state index >= 15 is 17.6 Å². The smallest absolute Gasteiger partial charge is 0.150 e. The van der Waals surface area contributed by atoms with Crippen molar-refractivity contribution in [2.24, 2.45) is 0 Å². The molecule has 0 amide bonds. The van der Waals surface area contributed by atoms with Crippen LogP contribution in [0.2, 0.25) is 0 Å². The molecule has 0 aliphatic rings. The van der Waals surface area contributed by atoms with Crippen LogP contribution in [0.1, 0.15) is 0 Å². The van der Waals surface area contributed by atoms with E-state index in [0.29, 0.717) is 47.0 Å². The first kappa shape index (κ1) is 46.6. The molecule has 2 heterocycles. The molecule has 4 nitrogen and oxygen atoms in total. The van der Waals surface area contributed by atoms with Gasteiger partial charge in [-0.25, -0.2) is 35.1 Å². The summed E-state index contributed by atoms with van der Waals surface area (Å²) in [5.74, 6) is -7.05. The molecule has 12 heteroatoms. The Morgan fingerprint density at radius 2 is 0.526 bits per heavy atom. The van der Waals surface area contributed by atoms with Crippen LogP contribution < -0.4 is 9.80 Å². The minimum Gasteiger partial charge on any atom is -0.309 e. The zero-order chi connectivity index (χ0) is 53.1. The van der Waals surface area contributed by atoms with Crippen LogP contribution >= 0.6 is 0 Å². The van der Waals surface area contributed by atoms with E-state index in [4.69, 9.17) is 0 Å². The van der Waals surface area contributed by atoms with Crippen molar-refractivity contribution in [2.45, 2.75) is 0 Å². The van der Waals surface area contributed by atoms with E-state index in [0.717, 1.165) is 100 Å². The van der Waals surface area contributed by atoms with Gasteiger partial charge in [-0.1, -0.05) is 84.9 Å². The second-order valence-electron chi connectivity index (χ2n) is 19.1. The van der Waals surface area contributed by atoms with Crippen LogP contribution in [-0.2, 0) is 0 Å². The molecule has 0 bridgehead atoms. The lowest BCUT2D eigenvalue weighted by Crippen LogP contribution is -2.14. The number of para-hydroxylation sites is 2. The maximum absolute atomic E-state index is 15.7. The zero-order valence-electron chi connectivity index (χ0n) is 40.6. The average molecular weight is 1040 g/mol. The molecule has 0 saturated heterocycles. The summed E-state index contributed by atoms with van der Waals surface area (Å²) in [4.78, 5) is 2.58. The molecule has 0 unspecified atom stereocenters. The summed E-state index contributed by atoms with van der Waals surface area (Å²) in [6, 6.07) is 59.1. The van der Waals surface area contributed by atoms with Crippen molar-refractivity contribution < 1.29 is 35.1 Å². The molecule has 0 N–H and O–H groups in total. The van der Waals surface area contributed by atoms with Gasteiger partial charge in [0.25, 0.3) is 0 Å². The molecule has 14 rings (SSSR count). The molecule has 0 aliphatic heterocycles. The van der Waals surface area contributed by atoms with E-state index < -0.39 is 46.5 Å².